The molecule has 0 unspecified atom stereocenters. The van der Waals surface area contributed by atoms with Gasteiger partial charge in [0.05, 0.1) is 31.0 Å². The Morgan fingerprint density at radius 2 is 2.05 bits per heavy atom. The second-order valence-corrected chi connectivity index (χ2v) is 5.31. The molecule has 7 nitrogen and oxygen atoms in total. The van der Waals surface area contributed by atoms with Crippen molar-refractivity contribution in [3.8, 4) is 0 Å². The van der Waals surface area contributed by atoms with Crippen molar-refractivity contribution in [2.45, 2.75) is 32.9 Å². The Balaban J connectivity index is 1.67. The number of hydrogen-bond donors (Lipinski definition) is 1. The summed E-state index contributed by atoms with van der Waals surface area (Å²) in [5.41, 5.74) is 1.47. The molecule has 0 spiro atoms. The van der Waals surface area contributed by atoms with Gasteiger partial charge >= 0.3 is 0 Å². The van der Waals surface area contributed by atoms with Crippen molar-refractivity contribution in [3.05, 3.63) is 36.3 Å². The van der Waals surface area contributed by atoms with Gasteiger partial charge < -0.3 is 14.8 Å². The van der Waals surface area contributed by atoms with Gasteiger partial charge in [-0.3, -0.25) is 9.78 Å². The number of rotatable bonds is 5. The van der Waals surface area contributed by atoms with Crippen LogP contribution in [-0.2, 0) is 13.1 Å². The number of nitrogens with one attached hydrogen (secondary N) is 1. The molecule has 0 atom stereocenters. The van der Waals surface area contributed by atoms with Crippen LogP contribution in [0.15, 0.2) is 24.9 Å². The van der Waals surface area contributed by atoms with Crippen molar-refractivity contribution in [3.63, 3.8) is 0 Å². The van der Waals surface area contributed by atoms with Crippen LogP contribution in [0.5, 0.6) is 0 Å². The summed E-state index contributed by atoms with van der Waals surface area (Å²) >= 11 is 0. The van der Waals surface area contributed by atoms with Crippen LogP contribution >= 0.6 is 0 Å². The number of aryl methyl sites for hydroxylation is 1. The molecule has 1 fully saturated rings. The van der Waals surface area contributed by atoms with Crippen molar-refractivity contribution >= 4 is 11.7 Å². The zero-order chi connectivity index (χ0) is 15.4. The fraction of sp³-hybridized carbons (Fsp3) is 0.467. The molecule has 1 amide bonds. The van der Waals surface area contributed by atoms with Gasteiger partial charge in [0.2, 0.25) is 0 Å². The molecule has 3 heterocycles. The molecule has 0 aromatic carbocycles. The van der Waals surface area contributed by atoms with Crippen molar-refractivity contribution in [1.82, 2.24) is 24.4 Å². The molecule has 116 valence electrons. The van der Waals surface area contributed by atoms with Crippen LogP contribution in [0.2, 0.25) is 0 Å². The summed E-state index contributed by atoms with van der Waals surface area (Å²) in [6.45, 7) is 5.17. The average molecular weight is 300 g/mol. The van der Waals surface area contributed by atoms with Crippen LogP contribution in [0.3, 0.4) is 0 Å². The van der Waals surface area contributed by atoms with E-state index >= 15 is 0 Å². The third-order valence-corrected chi connectivity index (χ3v) is 3.84. The van der Waals surface area contributed by atoms with Crippen LogP contribution in [0.25, 0.3) is 0 Å². The topological polar surface area (TPSA) is 75.9 Å². The lowest BCUT2D eigenvalue weighted by atomic mass is 10.4. The third kappa shape index (κ3) is 3.08. The summed E-state index contributed by atoms with van der Waals surface area (Å²) in [5.74, 6) is 0.571. The number of nitrogens with zero attached hydrogens (tertiary/aromatic N) is 5. The largest absolute Gasteiger partial charge is 0.363 e. The van der Waals surface area contributed by atoms with Gasteiger partial charge in [0, 0.05) is 25.8 Å². The van der Waals surface area contributed by atoms with E-state index < -0.39 is 0 Å². The molecule has 2 aromatic rings. The van der Waals surface area contributed by atoms with Crippen LogP contribution in [0.4, 0.5) is 5.82 Å². The minimum Gasteiger partial charge on any atom is -0.363 e. The lowest BCUT2D eigenvalue weighted by molar-refractivity contribution is 0.0786. The number of amides is 1. The summed E-state index contributed by atoms with van der Waals surface area (Å²) in [5, 5.41) is 3.20. The highest BCUT2D eigenvalue weighted by Crippen LogP contribution is 2.12. The normalized spacial score (nSPS) is 14.3. The Hall–Kier alpha value is -2.44. The SMILES string of the molecule is CCn1cncc1CNc1cncc(C(=O)N2CCCC2)n1. The van der Waals surface area contributed by atoms with Crippen molar-refractivity contribution in [1.29, 1.82) is 0 Å². The minimum atomic E-state index is -0.0350. The summed E-state index contributed by atoms with van der Waals surface area (Å²) in [4.78, 5) is 26.8. The monoisotopic (exact) mass is 300 g/mol. The average Bonchev–Trinajstić information content (AvgIpc) is 3.23. The van der Waals surface area contributed by atoms with E-state index in [1.165, 1.54) is 6.20 Å². The second-order valence-electron chi connectivity index (χ2n) is 5.31. The van der Waals surface area contributed by atoms with E-state index in [9.17, 15) is 4.79 Å². The molecule has 3 rings (SSSR count). The molecular formula is C15H20N6O. The highest BCUT2D eigenvalue weighted by molar-refractivity contribution is 5.92. The molecule has 0 radical (unpaired) electrons. The van der Waals surface area contributed by atoms with Gasteiger partial charge in [0.15, 0.2) is 0 Å². The van der Waals surface area contributed by atoms with Gasteiger partial charge in [-0.15, -0.1) is 0 Å². The van der Waals surface area contributed by atoms with Crippen molar-refractivity contribution in [2.24, 2.45) is 0 Å². The molecule has 1 saturated heterocycles. The molecular weight excluding hydrogens is 280 g/mol. The van der Waals surface area contributed by atoms with Crippen molar-refractivity contribution < 1.29 is 4.79 Å². The summed E-state index contributed by atoms with van der Waals surface area (Å²) < 4.78 is 2.06. The van der Waals surface area contributed by atoms with E-state index in [4.69, 9.17) is 0 Å². The smallest absolute Gasteiger partial charge is 0.274 e. The summed E-state index contributed by atoms with van der Waals surface area (Å²) in [6.07, 6.45) is 8.92. The molecule has 0 aliphatic carbocycles. The number of imidazole rings is 1. The predicted molar refractivity (Wildman–Crippen MR) is 82.4 cm³/mol. The summed E-state index contributed by atoms with van der Waals surface area (Å²) in [7, 11) is 0. The van der Waals surface area contributed by atoms with Gasteiger partial charge in [0.1, 0.15) is 11.5 Å². The fourth-order valence-electron chi connectivity index (χ4n) is 2.60. The zero-order valence-corrected chi connectivity index (χ0v) is 12.7. The number of carbonyl (C=O) groups is 1. The van der Waals surface area contributed by atoms with Crippen LogP contribution in [0, 0.1) is 0 Å². The van der Waals surface area contributed by atoms with Crippen LogP contribution in [0.1, 0.15) is 35.9 Å². The standard InChI is InChI=1S/C15H20N6O/c1-2-20-11-17-7-12(20)8-18-14-10-16-9-13(19-14)15(22)21-5-3-4-6-21/h7,9-11H,2-6,8H2,1H3,(H,18,19). The van der Waals surface area contributed by atoms with Gasteiger partial charge in [-0.2, -0.15) is 0 Å². The minimum absolute atomic E-state index is 0.0350. The Morgan fingerprint density at radius 3 is 2.82 bits per heavy atom. The van der Waals surface area contributed by atoms with Gasteiger partial charge in [-0.25, -0.2) is 9.97 Å². The maximum Gasteiger partial charge on any atom is 0.274 e. The van der Waals surface area contributed by atoms with E-state index in [1.807, 2.05) is 11.1 Å². The molecule has 7 heteroatoms. The fourth-order valence-corrected chi connectivity index (χ4v) is 2.60. The first-order valence-corrected chi connectivity index (χ1v) is 7.62. The van der Waals surface area contributed by atoms with Gasteiger partial charge in [0.25, 0.3) is 5.91 Å². The van der Waals surface area contributed by atoms with Crippen LogP contribution < -0.4 is 5.32 Å². The predicted octanol–water partition coefficient (Wildman–Crippen LogP) is 1.54. The maximum atomic E-state index is 12.3. The number of likely N-dealkylation sites (tertiary alicyclic amines) is 1. The molecule has 1 aliphatic heterocycles. The van der Waals surface area contributed by atoms with E-state index in [0.29, 0.717) is 18.1 Å². The maximum absolute atomic E-state index is 12.3. The second kappa shape index (κ2) is 6.55. The number of hydrogen-bond acceptors (Lipinski definition) is 5. The lowest BCUT2D eigenvalue weighted by Gasteiger charge is -2.14. The van der Waals surface area contributed by atoms with E-state index in [-0.39, 0.29) is 5.91 Å². The number of anilines is 1. The molecule has 2 aromatic heterocycles. The quantitative estimate of drug-likeness (QED) is 0.906. The number of carbonyl (C=O) groups excluding carboxylic acids is 1. The summed E-state index contributed by atoms with van der Waals surface area (Å²) in [6, 6.07) is 0. The Morgan fingerprint density at radius 1 is 1.23 bits per heavy atom. The highest BCUT2D eigenvalue weighted by Gasteiger charge is 2.21. The first-order chi connectivity index (χ1) is 10.8. The first kappa shape index (κ1) is 14.5. The molecule has 1 N–H and O–H groups in total. The van der Waals surface area contributed by atoms with E-state index in [1.54, 1.807) is 12.5 Å². The Labute approximate surface area is 129 Å². The molecule has 1 aliphatic rings. The van der Waals surface area contributed by atoms with E-state index in [2.05, 4.69) is 31.8 Å². The lowest BCUT2D eigenvalue weighted by Crippen LogP contribution is -2.28. The molecule has 0 saturated carbocycles. The third-order valence-electron chi connectivity index (χ3n) is 3.84. The van der Waals surface area contributed by atoms with Gasteiger partial charge in [-0.1, -0.05) is 0 Å². The number of aromatic nitrogens is 4. The van der Waals surface area contributed by atoms with Crippen molar-refractivity contribution in [2.75, 3.05) is 18.4 Å². The van der Waals surface area contributed by atoms with Crippen LogP contribution in [-0.4, -0.2) is 43.4 Å². The Bertz CT molecular complexity index is 647. The molecule has 22 heavy (non-hydrogen) atoms. The zero-order valence-electron chi connectivity index (χ0n) is 12.7. The molecule has 0 bridgehead atoms. The Kier molecular flexibility index (Phi) is 4.32. The van der Waals surface area contributed by atoms with E-state index in [0.717, 1.165) is 38.2 Å². The first-order valence-electron chi connectivity index (χ1n) is 7.62. The highest BCUT2D eigenvalue weighted by atomic mass is 16.2. The van der Waals surface area contributed by atoms with Gasteiger partial charge in [-0.05, 0) is 19.8 Å².